The van der Waals surface area contributed by atoms with E-state index in [1.807, 2.05) is 19.1 Å². The number of carbonyl (C=O) groups is 1. The Morgan fingerprint density at radius 2 is 2.20 bits per heavy atom. The van der Waals surface area contributed by atoms with Crippen molar-refractivity contribution in [3.63, 3.8) is 0 Å². The molecule has 15 heavy (non-hydrogen) atoms. The highest BCUT2D eigenvalue weighted by atomic mass is 16.5. The Morgan fingerprint density at radius 1 is 1.40 bits per heavy atom. The van der Waals surface area contributed by atoms with E-state index in [1.54, 1.807) is 19.4 Å². The highest BCUT2D eigenvalue weighted by molar-refractivity contribution is 5.95. The van der Waals surface area contributed by atoms with E-state index in [2.05, 4.69) is 4.98 Å². The summed E-state index contributed by atoms with van der Waals surface area (Å²) >= 11 is 0. The summed E-state index contributed by atoms with van der Waals surface area (Å²) in [6.07, 6.45) is 2.58. The van der Waals surface area contributed by atoms with Gasteiger partial charge in [0, 0.05) is 22.7 Å². The molecule has 0 aliphatic carbocycles. The molecule has 0 saturated heterocycles. The second-order valence-corrected chi connectivity index (χ2v) is 3.35. The van der Waals surface area contributed by atoms with Gasteiger partial charge >= 0.3 is 0 Å². The van der Waals surface area contributed by atoms with Gasteiger partial charge in [0.15, 0.2) is 6.29 Å². The smallest absolute Gasteiger partial charge is 0.153 e. The van der Waals surface area contributed by atoms with Crippen molar-refractivity contribution in [1.29, 1.82) is 0 Å². The summed E-state index contributed by atoms with van der Waals surface area (Å²) in [5, 5.41) is 1.90. The third kappa shape index (κ3) is 1.56. The lowest BCUT2D eigenvalue weighted by atomic mass is 10.1. The number of hydrogen-bond donors (Lipinski definition) is 0. The summed E-state index contributed by atoms with van der Waals surface area (Å²) in [5.41, 5.74) is 1.47. The molecule has 0 saturated carbocycles. The maximum atomic E-state index is 10.8. The van der Waals surface area contributed by atoms with Crippen LogP contribution in [0.5, 0.6) is 5.75 Å². The first-order chi connectivity index (χ1) is 7.26. The van der Waals surface area contributed by atoms with Gasteiger partial charge in [0.25, 0.3) is 0 Å². The molecular formula is C12H11NO2. The van der Waals surface area contributed by atoms with Gasteiger partial charge < -0.3 is 4.74 Å². The molecule has 0 spiro atoms. The quantitative estimate of drug-likeness (QED) is 0.700. The van der Waals surface area contributed by atoms with Crippen LogP contribution < -0.4 is 4.74 Å². The molecule has 1 aromatic carbocycles. The SMILES string of the molecule is COc1c(C=O)ccc2cnc(C)cc12. The van der Waals surface area contributed by atoms with Crippen molar-refractivity contribution in [2.45, 2.75) is 6.92 Å². The number of ether oxygens (including phenoxy) is 1. The van der Waals surface area contributed by atoms with E-state index < -0.39 is 0 Å². The fourth-order valence-corrected chi connectivity index (χ4v) is 1.63. The molecule has 0 fully saturated rings. The largest absolute Gasteiger partial charge is 0.495 e. The number of aryl methyl sites for hydroxylation is 1. The van der Waals surface area contributed by atoms with Crippen LogP contribution in [0.25, 0.3) is 10.8 Å². The van der Waals surface area contributed by atoms with Crippen molar-refractivity contribution in [3.8, 4) is 5.75 Å². The van der Waals surface area contributed by atoms with Gasteiger partial charge in [0.1, 0.15) is 5.75 Å². The highest BCUT2D eigenvalue weighted by Gasteiger charge is 2.07. The van der Waals surface area contributed by atoms with Gasteiger partial charge in [0.05, 0.1) is 12.7 Å². The Bertz CT molecular complexity index is 520. The first-order valence-corrected chi connectivity index (χ1v) is 4.65. The first kappa shape index (κ1) is 9.65. The molecule has 0 unspecified atom stereocenters. The average Bonchev–Trinajstić information content (AvgIpc) is 2.27. The third-order valence-electron chi connectivity index (χ3n) is 2.35. The van der Waals surface area contributed by atoms with Gasteiger partial charge in [-0.25, -0.2) is 0 Å². The lowest BCUT2D eigenvalue weighted by Gasteiger charge is -2.08. The van der Waals surface area contributed by atoms with Crippen molar-refractivity contribution in [3.05, 3.63) is 35.7 Å². The Kier molecular flexibility index (Phi) is 2.37. The molecule has 0 aliphatic heterocycles. The van der Waals surface area contributed by atoms with Crippen LogP contribution in [0.3, 0.4) is 0 Å². The number of methoxy groups -OCH3 is 1. The van der Waals surface area contributed by atoms with Gasteiger partial charge in [-0.05, 0) is 19.1 Å². The summed E-state index contributed by atoms with van der Waals surface area (Å²) in [6, 6.07) is 5.53. The summed E-state index contributed by atoms with van der Waals surface area (Å²) in [4.78, 5) is 15.0. The number of benzene rings is 1. The van der Waals surface area contributed by atoms with Gasteiger partial charge in [0.2, 0.25) is 0 Å². The molecule has 2 rings (SSSR count). The predicted molar refractivity (Wildman–Crippen MR) is 58.4 cm³/mol. The highest BCUT2D eigenvalue weighted by Crippen LogP contribution is 2.28. The Balaban J connectivity index is 2.84. The Morgan fingerprint density at radius 3 is 2.87 bits per heavy atom. The van der Waals surface area contributed by atoms with E-state index in [9.17, 15) is 4.79 Å². The zero-order valence-electron chi connectivity index (χ0n) is 8.65. The number of rotatable bonds is 2. The van der Waals surface area contributed by atoms with E-state index in [1.165, 1.54) is 0 Å². The van der Waals surface area contributed by atoms with Crippen LogP contribution in [0.2, 0.25) is 0 Å². The van der Waals surface area contributed by atoms with Crippen LogP contribution in [0.4, 0.5) is 0 Å². The van der Waals surface area contributed by atoms with E-state index in [0.717, 1.165) is 22.8 Å². The molecule has 76 valence electrons. The van der Waals surface area contributed by atoms with Gasteiger partial charge in [-0.15, -0.1) is 0 Å². The summed E-state index contributed by atoms with van der Waals surface area (Å²) < 4.78 is 5.25. The molecule has 0 amide bonds. The van der Waals surface area contributed by atoms with Crippen molar-refractivity contribution in [2.75, 3.05) is 7.11 Å². The van der Waals surface area contributed by atoms with Crippen LogP contribution in [-0.2, 0) is 0 Å². The van der Waals surface area contributed by atoms with Gasteiger partial charge in [-0.3, -0.25) is 9.78 Å². The van der Waals surface area contributed by atoms with Crippen molar-refractivity contribution in [1.82, 2.24) is 4.98 Å². The predicted octanol–water partition coefficient (Wildman–Crippen LogP) is 2.36. The minimum absolute atomic E-state index is 0.565. The first-order valence-electron chi connectivity index (χ1n) is 4.65. The molecule has 0 aliphatic rings. The van der Waals surface area contributed by atoms with E-state index in [-0.39, 0.29) is 0 Å². The minimum atomic E-state index is 0.565. The monoisotopic (exact) mass is 201 g/mol. The zero-order chi connectivity index (χ0) is 10.8. The molecule has 1 aromatic heterocycles. The van der Waals surface area contributed by atoms with Crippen LogP contribution >= 0.6 is 0 Å². The molecule has 0 bridgehead atoms. The Hall–Kier alpha value is -1.90. The van der Waals surface area contributed by atoms with Crippen molar-refractivity contribution < 1.29 is 9.53 Å². The van der Waals surface area contributed by atoms with Gasteiger partial charge in [-0.1, -0.05) is 6.07 Å². The van der Waals surface area contributed by atoms with Crippen LogP contribution in [-0.4, -0.2) is 18.4 Å². The number of aromatic nitrogens is 1. The lowest BCUT2D eigenvalue weighted by Crippen LogP contribution is -1.93. The minimum Gasteiger partial charge on any atom is -0.495 e. The standard InChI is InChI=1S/C12H11NO2/c1-8-5-11-9(6-13-8)3-4-10(7-14)12(11)15-2/h3-7H,1-2H3. The van der Waals surface area contributed by atoms with E-state index in [4.69, 9.17) is 4.74 Å². The molecular weight excluding hydrogens is 190 g/mol. The summed E-state index contributed by atoms with van der Waals surface area (Å²) in [5.74, 6) is 0.619. The average molecular weight is 201 g/mol. The van der Waals surface area contributed by atoms with Crippen LogP contribution in [0.1, 0.15) is 16.1 Å². The number of pyridine rings is 1. The normalized spacial score (nSPS) is 10.3. The molecule has 0 radical (unpaired) electrons. The number of hydrogen-bond acceptors (Lipinski definition) is 3. The fraction of sp³-hybridized carbons (Fsp3) is 0.167. The lowest BCUT2D eigenvalue weighted by molar-refractivity contribution is 0.112. The molecule has 3 nitrogen and oxygen atoms in total. The third-order valence-corrected chi connectivity index (χ3v) is 2.35. The fourth-order valence-electron chi connectivity index (χ4n) is 1.63. The van der Waals surface area contributed by atoms with E-state index in [0.29, 0.717) is 11.3 Å². The molecule has 0 atom stereocenters. The Labute approximate surface area is 87.7 Å². The number of carbonyl (C=O) groups excluding carboxylic acids is 1. The maximum Gasteiger partial charge on any atom is 0.153 e. The van der Waals surface area contributed by atoms with Crippen LogP contribution in [0.15, 0.2) is 24.4 Å². The van der Waals surface area contributed by atoms with E-state index >= 15 is 0 Å². The number of aldehydes is 1. The maximum absolute atomic E-state index is 10.8. The molecule has 1 heterocycles. The summed E-state index contributed by atoms with van der Waals surface area (Å²) in [6.45, 7) is 1.91. The van der Waals surface area contributed by atoms with Crippen LogP contribution in [0, 0.1) is 6.92 Å². The number of nitrogens with zero attached hydrogens (tertiary/aromatic N) is 1. The molecule has 2 aromatic rings. The topological polar surface area (TPSA) is 39.2 Å². The van der Waals surface area contributed by atoms with Crippen molar-refractivity contribution in [2.24, 2.45) is 0 Å². The second-order valence-electron chi connectivity index (χ2n) is 3.35. The molecule has 3 heteroatoms. The van der Waals surface area contributed by atoms with Crippen molar-refractivity contribution >= 4 is 17.1 Å². The molecule has 0 N–H and O–H groups in total. The second kappa shape index (κ2) is 3.69. The summed E-state index contributed by atoms with van der Waals surface area (Å²) in [7, 11) is 1.57. The van der Waals surface area contributed by atoms with Gasteiger partial charge in [-0.2, -0.15) is 0 Å². The number of fused-ring (bicyclic) bond motifs is 1. The zero-order valence-corrected chi connectivity index (χ0v) is 8.65.